The first-order valence-corrected chi connectivity index (χ1v) is 8.21. The number of carbonyl (C=O) groups is 2. The normalized spacial score (nSPS) is 25.0. The Morgan fingerprint density at radius 3 is 2.17 bits per heavy atom. The lowest BCUT2D eigenvalue weighted by Crippen LogP contribution is -2.68. The summed E-state index contributed by atoms with van der Waals surface area (Å²) < 4.78 is 10.9. The molecule has 0 aromatic heterocycles. The van der Waals surface area contributed by atoms with E-state index in [0.29, 0.717) is 12.1 Å². The second-order valence-corrected chi connectivity index (χ2v) is 7.62. The molecule has 0 N–H and O–H groups in total. The van der Waals surface area contributed by atoms with Crippen molar-refractivity contribution in [1.82, 2.24) is 4.90 Å². The first-order valence-electron chi connectivity index (χ1n) is 8.21. The number of rotatable bonds is 2. The van der Waals surface area contributed by atoms with Crippen LogP contribution in [0, 0.1) is 10.8 Å². The summed E-state index contributed by atoms with van der Waals surface area (Å²) in [5.41, 5.74) is -1.25. The highest BCUT2D eigenvalue weighted by Gasteiger charge is 2.61. The number of ether oxygens (including phenoxy) is 2. The Labute approximate surface area is 143 Å². The highest BCUT2D eigenvalue weighted by atomic mass is 16.6. The number of esters is 1. The molecule has 1 aromatic rings. The third-order valence-corrected chi connectivity index (χ3v) is 6.02. The number of hydrogen-bond acceptors (Lipinski definition) is 4. The monoisotopic (exact) mass is 333 g/mol. The number of methoxy groups -OCH3 is 1. The Hall–Kier alpha value is -2.04. The van der Waals surface area contributed by atoms with Crippen molar-refractivity contribution in [3.63, 3.8) is 0 Å². The van der Waals surface area contributed by atoms with Crippen LogP contribution in [0.15, 0.2) is 30.3 Å². The molecule has 24 heavy (non-hydrogen) atoms. The van der Waals surface area contributed by atoms with Crippen molar-refractivity contribution in [2.45, 2.75) is 46.8 Å². The average Bonchev–Trinajstić information content (AvgIpc) is 2.53. The fourth-order valence-corrected chi connectivity index (χ4v) is 3.25. The fraction of sp³-hybridized carbons (Fsp3) is 0.579. The minimum absolute atomic E-state index is 0.122. The molecule has 1 aliphatic heterocycles. The van der Waals surface area contributed by atoms with E-state index in [-0.39, 0.29) is 5.41 Å². The summed E-state index contributed by atoms with van der Waals surface area (Å²) in [5.74, 6) is -0.447. The molecule has 2 rings (SSSR count). The van der Waals surface area contributed by atoms with Crippen LogP contribution < -0.4 is 0 Å². The second-order valence-electron chi connectivity index (χ2n) is 7.62. The van der Waals surface area contributed by atoms with Gasteiger partial charge >= 0.3 is 12.1 Å². The zero-order chi connectivity index (χ0) is 18.2. The summed E-state index contributed by atoms with van der Waals surface area (Å²) in [6.45, 7) is 10.6. The molecule has 1 unspecified atom stereocenters. The van der Waals surface area contributed by atoms with Gasteiger partial charge in [0.15, 0.2) is 5.72 Å². The highest BCUT2D eigenvalue weighted by Crippen LogP contribution is 2.55. The molecule has 0 saturated carbocycles. The molecule has 132 valence electrons. The van der Waals surface area contributed by atoms with Crippen LogP contribution in [-0.4, -0.2) is 36.3 Å². The van der Waals surface area contributed by atoms with Crippen LogP contribution in [-0.2, 0) is 9.47 Å². The van der Waals surface area contributed by atoms with Gasteiger partial charge in [-0.1, -0.05) is 45.9 Å². The maximum absolute atomic E-state index is 12.7. The molecule has 0 bridgehead atoms. The summed E-state index contributed by atoms with van der Waals surface area (Å²) in [6.07, 6.45) is 0.315. The molecule has 5 nitrogen and oxygen atoms in total. The minimum atomic E-state index is -1.12. The van der Waals surface area contributed by atoms with Crippen molar-refractivity contribution in [3.8, 4) is 0 Å². The van der Waals surface area contributed by atoms with E-state index in [1.807, 2.05) is 19.9 Å². The molecule has 0 radical (unpaired) electrons. The first kappa shape index (κ1) is 18.3. The van der Waals surface area contributed by atoms with E-state index in [2.05, 4.69) is 13.8 Å². The van der Waals surface area contributed by atoms with Gasteiger partial charge in [-0.25, -0.2) is 9.59 Å². The van der Waals surface area contributed by atoms with Crippen LogP contribution in [0.25, 0.3) is 0 Å². The summed E-state index contributed by atoms with van der Waals surface area (Å²) >= 11 is 0. The Bertz CT molecular complexity index is 624. The van der Waals surface area contributed by atoms with Crippen LogP contribution in [0.3, 0.4) is 0 Å². The molecular formula is C19H27NO4. The molecule has 1 heterocycles. The van der Waals surface area contributed by atoms with Crippen LogP contribution in [0.5, 0.6) is 0 Å². The second kappa shape index (κ2) is 6.11. The van der Waals surface area contributed by atoms with Gasteiger partial charge in [0, 0.05) is 12.0 Å². The molecule has 1 atom stereocenters. The Morgan fingerprint density at radius 2 is 1.62 bits per heavy atom. The van der Waals surface area contributed by atoms with E-state index in [4.69, 9.17) is 9.47 Å². The van der Waals surface area contributed by atoms with E-state index in [1.54, 1.807) is 31.2 Å². The summed E-state index contributed by atoms with van der Waals surface area (Å²) in [5, 5.41) is 0. The molecule has 1 aromatic carbocycles. The predicted molar refractivity (Wildman–Crippen MR) is 91.6 cm³/mol. The topological polar surface area (TPSA) is 55.8 Å². The Balaban J connectivity index is 2.44. The van der Waals surface area contributed by atoms with Crippen LogP contribution in [0.2, 0.25) is 0 Å². The zero-order valence-corrected chi connectivity index (χ0v) is 15.4. The van der Waals surface area contributed by atoms with Gasteiger partial charge < -0.3 is 9.47 Å². The maximum atomic E-state index is 12.7. The Kier molecular flexibility index (Phi) is 4.66. The fourth-order valence-electron chi connectivity index (χ4n) is 3.25. The smallest absolute Gasteiger partial charge is 0.412 e. The third-order valence-electron chi connectivity index (χ3n) is 6.02. The number of carbonyl (C=O) groups excluding carboxylic acids is 2. The van der Waals surface area contributed by atoms with E-state index in [1.165, 1.54) is 12.0 Å². The summed E-state index contributed by atoms with van der Waals surface area (Å²) in [4.78, 5) is 26.5. The van der Waals surface area contributed by atoms with Gasteiger partial charge in [0.05, 0.1) is 12.7 Å². The van der Waals surface area contributed by atoms with Crippen LogP contribution >= 0.6 is 0 Å². The minimum Gasteiger partial charge on any atom is -0.453 e. The summed E-state index contributed by atoms with van der Waals surface area (Å²) in [6, 6.07) is 8.82. The third kappa shape index (κ3) is 2.76. The molecular weight excluding hydrogens is 306 g/mol. The molecule has 1 amide bonds. The lowest BCUT2D eigenvalue weighted by Gasteiger charge is -2.60. The van der Waals surface area contributed by atoms with Crippen molar-refractivity contribution in [2.24, 2.45) is 10.8 Å². The number of nitrogens with zero attached hydrogens (tertiary/aromatic N) is 1. The summed E-state index contributed by atoms with van der Waals surface area (Å²) in [7, 11) is 1.34. The quantitative estimate of drug-likeness (QED) is 0.765. The Morgan fingerprint density at radius 1 is 1.04 bits per heavy atom. The van der Waals surface area contributed by atoms with E-state index in [0.717, 1.165) is 6.42 Å². The van der Waals surface area contributed by atoms with Gasteiger partial charge in [-0.2, -0.15) is 0 Å². The van der Waals surface area contributed by atoms with Gasteiger partial charge in [-0.3, -0.25) is 4.90 Å². The largest absolute Gasteiger partial charge is 0.453 e. The van der Waals surface area contributed by atoms with E-state index in [9.17, 15) is 9.59 Å². The van der Waals surface area contributed by atoms with Crippen molar-refractivity contribution in [3.05, 3.63) is 35.9 Å². The zero-order valence-electron chi connectivity index (χ0n) is 15.4. The van der Waals surface area contributed by atoms with Crippen LogP contribution in [0.4, 0.5) is 4.79 Å². The van der Waals surface area contributed by atoms with Crippen molar-refractivity contribution in [2.75, 3.05) is 13.7 Å². The number of hydrogen-bond donors (Lipinski definition) is 0. The molecule has 1 fully saturated rings. The van der Waals surface area contributed by atoms with Gasteiger partial charge in [0.2, 0.25) is 0 Å². The van der Waals surface area contributed by atoms with Gasteiger partial charge in [0.25, 0.3) is 0 Å². The number of benzene rings is 1. The van der Waals surface area contributed by atoms with Crippen LogP contribution in [0.1, 0.15) is 51.4 Å². The predicted octanol–water partition coefficient (Wildman–Crippen LogP) is 4.08. The lowest BCUT2D eigenvalue weighted by molar-refractivity contribution is -0.224. The highest BCUT2D eigenvalue weighted by molar-refractivity contribution is 5.89. The van der Waals surface area contributed by atoms with Crippen molar-refractivity contribution in [1.29, 1.82) is 0 Å². The standard InChI is InChI=1S/C19H27NO4/c1-17(2)12-13-20(16(22)23-6)19(5,18(17,3)4)24-15(21)14-10-8-7-9-11-14/h7-11H,12-13H2,1-6H3. The average molecular weight is 333 g/mol. The maximum Gasteiger partial charge on any atom is 0.412 e. The van der Waals surface area contributed by atoms with Crippen molar-refractivity contribution >= 4 is 12.1 Å². The van der Waals surface area contributed by atoms with E-state index < -0.39 is 23.2 Å². The molecule has 5 heteroatoms. The van der Waals surface area contributed by atoms with Gasteiger partial charge in [-0.15, -0.1) is 0 Å². The molecule has 1 saturated heterocycles. The molecule has 0 aliphatic carbocycles. The van der Waals surface area contributed by atoms with Crippen molar-refractivity contribution < 1.29 is 19.1 Å². The number of piperidine rings is 1. The van der Waals surface area contributed by atoms with Gasteiger partial charge in [0.1, 0.15) is 0 Å². The van der Waals surface area contributed by atoms with E-state index >= 15 is 0 Å². The molecule has 0 spiro atoms. The number of likely N-dealkylation sites (tertiary alicyclic amines) is 1. The lowest BCUT2D eigenvalue weighted by atomic mass is 9.58. The van der Waals surface area contributed by atoms with Gasteiger partial charge in [-0.05, 0) is 30.9 Å². The molecule has 1 aliphatic rings. The SMILES string of the molecule is COC(=O)N1CCC(C)(C)C(C)(C)C1(C)OC(=O)c1ccccc1. The number of amides is 1. The first-order chi connectivity index (χ1) is 11.1.